The largest absolute Gasteiger partial charge is 0.458 e. The zero-order valence-electron chi connectivity index (χ0n) is 23.4. The predicted molar refractivity (Wildman–Crippen MR) is 163 cm³/mol. The summed E-state index contributed by atoms with van der Waals surface area (Å²) in [6.07, 6.45) is 5.43. The first-order valence-corrected chi connectivity index (χ1v) is 14.0. The maximum atomic E-state index is 12.6. The third-order valence-electron chi connectivity index (χ3n) is 6.53. The van der Waals surface area contributed by atoms with Gasteiger partial charge in [0.25, 0.3) is 0 Å². The maximum Gasteiger partial charge on any atom is 0.330 e. The lowest BCUT2D eigenvalue weighted by atomic mass is 10.0. The molecule has 0 aliphatic rings. The van der Waals surface area contributed by atoms with Crippen molar-refractivity contribution in [2.75, 3.05) is 11.4 Å². The summed E-state index contributed by atoms with van der Waals surface area (Å²) >= 11 is 6.32. The molecule has 3 aromatic carbocycles. The first-order valence-electron chi connectivity index (χ1n) is 13.7. The molecule has 0 spiro atoms. The van der Waals surface area contributed by atoms with Gasteiger partial charge in [-0.2, -0.15) is 0 Å². The summed E-state index contributed by atoms with van der Waals surface area (Å²) in [5.41, 5.74) is 5.83. The highest BCUT2D eigenvalue weighted by Crippen LogP contribution is 2.27. The lowest BCUT2D eigenvalue weighted by Crippen LogP contribution is -2.17. The van der Waals surface area contributed by atoms with Crippen LogP contribution in [0.1, 0.15) is 48.4 Å². The van der Waals surface area contributed by atoms with Gasteiger partial charge in [-0.3, -0.25) is 4.79 Å². The van der Waals surface area contributed by atoms with Crippen molar-refractivity contribution >= 4 is 40.7 Å². The normalized spacial score (nSPS) is 10.5. The zero-order valence-corrected chi connectivity index (χ0v) is 24.2. The number of hydrogen-bond donors (Lipinski definition) is 0. The first kappa shape index (κ1) is 31.4. The standard InChI is InChI=1S/C34H36ClNO5/c1-4-21-36(30-17-10-27(11-18-30)23-40-33(38)5-2)29-15-8-25(9-16-29)12-19-31(37)20-13-26-7-14-28(32(35)22-26)24-41-34(39)6-3/h5-11,14-18,22H,2-4,12-13,19-21,23-24H2,1H3. The molecule has 0 aromatic heterocycles. The van der Waals surface area contributed by atoms with Gasteiger partial charge in [-0.05, 0) is 66.3 Å². The van der Waals surface area contributed by atoms with Crippen molar-refractivity contribution in [1.29, 1.82) is 0 Å². The molecule has 3 rings (SSSR count). The van der Waals surface area contributed by atoms with Gasteiger partial charge in [0.1, 0.15) is 19.0 Å². The number of rotatable bonds is 16. The number of carbonyl (C=O) groups excluding carboxylic acids is 3. The Balaban J connectivity index is 1.50. The number of benzene rings is 3. The Morgan fingerprint density at radius 3 is 1.80 bits per heavy atom. The van der Waals surface area contributed by atoms with Crippen molar-refractivity contribution in [2.24, 2.45) is 0 Å². The molecule has 7 heteroatoms. The maximum absolute atomic E-state index is 12.6. The topological polar surface area (TPSA) is 72.9 Å². The molecule has 0 saturated carbocycles. The molecular weight excluding hydrogens is 538 g/mol. The third kappa shape index (κ3) is 10.1. The van der Waals surface area contributed by atoms with E-state index in [1.165, 1.54) is 0 Å². The smallest absolute Gasteiger partial charge is 0.330 e. The molecule has 0 radical (unpaired) electrons. The average Bonchev–Trinajstić information content (AvgIpc) is 3.00. The first-order chi connectivity index (χ1) is 19.8. The number of aryl methyl sites for hydroxylation is 2. The second-order valence-electron chi connectivity index (χ2n) is 9.57. The van der Waals surface area contributed by atoms with Gasteiger partial charge in [0.05, 0.1) is 0 Å². The Bertz CT molecular complexity index is 1350. The summed E-state index contributed by atoms with van der Waals surface area (Å²) in [5.74, 6) is -0.744. The molecule has 0 saturated heterocycles. The molecule has 214 valence electrons. The van der Waals surface area contributed by atoms with Crippen LogP contribution in [0.3, 0.4) is 0 Å². The molecule has 6 nitrogen and oxygen atoms in total. The number of ether oxygens (including phenoxy) is 2. The molecule has 0 amide bonds. The second kappa shape index (κ2) is 16.2. The van der Waals surface area contributed by atoms with Crippen LogP contribution in [0.25, 0.3) is 0 Å². The van der Waals surface area contributed by atoms with Crippen LogP contribution in [-0.2, 0) is 49.9 Å². The Kier molecular flexibility index (Phi) is 12.4. The van der Waals surface area contributed by atoms with E-state index in [1.807, 2.05) is 42.5 Å². The minimum absolute atomic E-state index is 0.0825. The van der Waals surface area contributed by atoms with E-state index in [9.17, 15) is 14.4 Å². The molecule has 0 heterocycles. The van der Waals surface area contributed by atoms with E-state index < -0.39 is 11.9 Å². The van der Waals surface area contributed by atoms with Gasteiger partial charge in [-0.15, -0.1) is 0 Å². The van der Waals surface area contributed by atoms with Crippen LogP contribution in [0.5, 0.6) is 0 Å². The van der Waals surface area contributed by atoms with Crippen molar-refractivity contribution in [3.8, 4) is 0 Å². The van der Waals surface area contributed by atoms with Crippen LogP contribution in [0.4, 0.5) is 11.4 Å². The van der Waals surface area contributed by atoms with Crippen LogP contribution in [0, 0.1) is 0 Å². The highest BCUT2D eigenvalue weighted by molar-refractivity contribution is 6.31. The molecule has 3 aromatic rings. The molecule has 0 fully saturated rings. The SMILES string of the molecule is C=CC(=O)OCc1ccc(N(CCC)c2ccc(CCC(=O)CCc3ccc(COC(=O)C=C)c(Cl)c3)cc2)cc1. The van der Waals surface area contributed by atoms with E-state index in [4.69, 9.17) is 21.1 Å². The Morgan fingerprint density at radius 1 is 0.756 bits per heavy atom. The fraction of sp³-hybridized carbons (Fsp3) is 0.265. The molecule has 41 heavy (non-hydrogen) atoms. The van der Waals surface area contributed by atoms with Crippen molar-refractivity contribution in [1.82, 2.24) is 0 Å². The van der Waals surface area contributed by atoms with Crippen molar-refractivity contribution in [3.05, 3.63) is 119 Å². The number of nitrogens with zero attached hydrogens (tertiary/aromatic N) is 1. The van der Waals surface area contributed by atoms with Gasteiger partial charge >= 0.3 is 11.9 Å². The van der Waals surface area contributed by atoms with E-state index in [0.29, 0.717) is 36.3 Å². The van der Waals surface area contributed by atoms with Crippen LogP contribution in [0.2, 0.25) is 5.02 Å². The van der Waals surface area contributed by atoms with Crippen LogP contribution < -0.4 is 4.90 Å². The number of hydrogen-bond acceptors (Lipinski definition) is 6. The molecule has 0 atom stereocenters. The number of esters is 2. The highest BCUT2D eigenvalue weighted by atomic mass is 35.5. The van der Waals surface area contributed by atoms with Gasteiger partial charge in [0.2, 0.25) is 0 Å². The summed E-state index contributed by atoms with van der Waals surface area (Å²) in [6, 6.07) is 21.8. The van der Waals surface area contributed by atoms with Crippen molar-refractivity contribution in [2.45, 2.75) is 52.2 Å². The Labute approximate surface area is 247 Å². The van der Waals surface area contributed by atoms with E-state index in [0.717, 1.165) is 53.2 Å². The molecule has 0 bridgehead atoms. The third-order valence-corrected chi connectivity index (χ3v) is 6.88. The predicted octanol–water partition coefficient (Wildman–Crippen LogP) is 7.48. The molecule has 0 N–H and O–H groups in total. The molecule has 0 aliphatic heterocycles. The van der Waals surface area contributed by atoms with Gasteiger partial charge in [-0.25, -0.2) is 9.59 Å². The average molecular weight is 574 g/mol. The Morgan fingerprint density at radius 2 is 1.27 bits per heavy atom. The lowest BCUT2D eigenvalue weighted by molar-refractivity contribution is -0.139. The summed E-state index contributed by atoms with van der Waals surface area (Å²) in [5, 5.41) is 0.508. The van der Waals surface area contributed by atoms with E-state index in [1.54, 1.807) is 0 Å². The highest BCUT2D eigenvalue weighted by Gasteiger charge is 2.11. The van der Waals surface area contributed by atoms with Crippen LogP contribution >= 0.6 is 11.6 Å². The summed E-state index contributed by atoms with van der Waals surface area (Å²) in [7, 11) is 0. The minimum atomic E-state index is -0.500. The molecule has 0 aliphatic carbocycles. The van der Waals surface area contributed by atoms with Crippen LogP contribution in [0.15, 0.2) is 92.0 Å². The van der Waals surface area contributed by atoms with Gasteiger partial charge in [0.15, 0.2) is 0 Å². The summed E-state index contributed by atoms with van der Waals surface area (Å²) in [4.78, 5) is 37.4. The number of carbonyl (C=O) groups is 3. The van der Waals surface area contributed by atoms with E-state index >= 15 is 0 Å². The monoisotopic (exact) mass is 573 g/mol. The molecule has 0 unspecified atom stereocenters. The second-order valence-corrected chi connectivity index (χ2v) is 9.98. The number of Topliss-reactive ketones (excluding diaryl/α,β-unsaturated/α-hetero) is 1. The molecular formula is C34H36ClNO5. The fourth-order valence-corrected chi connectivity index (χ4v) is 4.48. The number of halogens is 1. The van der Waals surface area contributed by atoms with Crippen molar-refractivity contribution < 1.29 is 23.9 Å². The van der Waals surface area contributed by atoms with E-state index in [-0.39, 0.29) is 19.0 Å². The van der Waals surface area contributed by atoms with Gasteiger partial charge in [-0.1, -0.05) is 68.1 Å². The number of anilines is 2. The van der Waals surface area contributed by atoms with E-state index in [2.05, 4.69) is 49.2 Å². The quantitative estimate of drug-likeness (QED) is 0.131. The van der Waals surface area contributed by atoms with Crippen LogP contribution in [-0.4, -0.2) is 24.3 Å². The summed E-state index contributed by atoms with van der Waals surface area (Å²) in [6.45, 7) is 10.1. The van der Waals surface area contributed by atoms with Crippen molar-refractivity contribution in [3.63, 3.8) is 0 Å². The number of ketones is 1. The summed E-state index contributed by atoms with van der Waals surface area (Å²) < 4.78 is 10.1. The lowest BCUT2D eigenvalue weighted by Gasteiger charge is -2.25. The fourth-order valence-electron chi connectivity index (χ4n) is 4.22. The zero-order chi connectivity index (χ0) is 29.6. The van der Waals surface area contributed by atoms with Gasteiger partial charge in [0, 0.05) is 53.5 Å². The Hall–Kier alpha value is -4.16. The van der Waals surface area contributed by atoms with Gasteiger partial charge < -0.3 is 14.4 Å². The minimum Gasteiger partial charge on any atom is -0.458 e.